The van der Waals surface area contributed by atoms with Gasteiger partial charge in [-0.1, -0.05) is 5.16 Å². The van der Waals surface area contributed by atoms with Crippen molar-refractivity contribution in [2.45, 2.75) is 19.9 Å². The Morgan fingerprint density at radius 1 is 1.28 bits per heavy atom. The molecule has 0 spiro atoms. The molecule has 8 nitrogen and oxygen atoms in total. The average molecular weight is 398 g/mol. The SMILES string of the molecule is C/C(=N\c1ccc(O)cc1C)c1noc([C@H](CO)NC(=O)c2ccc(F)cc2)n1. The number of carbonyl (C=O) groups excluding carboxylic acids is 1. The number of carbonyl (C=O) groups is 1. The van der Waals surface area contributed by atoms with Gasteiger partial charge in [0.25, 0.3) is 11.8 Å². The number of nitrogens with zero attached hydrogens (tertiary/aromatic N) is 3. The van der Waals surface area contributed by atoms with E-state index >= 15 is 0 Å². The van der Waals surface area contributed by atoms with Crippen LogP contribution >= 0.6 is 0 Å². The molecule has 150 valence electrons. The molecule has 29 heavy (non-hydrogen) atoms. The van der Waals surface area contributed by atoms with E-state index in [1.54, 1.807) is 26.0 Å². The summed E-state index contributed by atoms with van der Waals surface area (Å²) in [6.07, 6.45) is 0. The van der Waals surface area contributed by atoms with Gasteiger partial charge in [-0.05, 0) is 61.9 Å². The Morgan fingerprint density at radius 2 is 2.00 bits per heavy atom. The molecule has 3 aromatic rings. The van der Waals surface area contributed by atoms with E-state index in [9.17, 15) is 19.4 Å². The van der Waals surface area contributed by atoms with Crippen molar-refractivity contribution < 1.29 is 23.9 Å². The number of benzene rings is 2. The molecular formula is C20H19FN4O4. The van der Waals surface area contributed by atoms with E-state index in [2.05, 4.69) is 20.4 Å². The molecular weight excluding hydrogens is 379 g/mol. The predicted molar refractivity (Wildman–Crippen MR) is 103 cm³/mol. The quantitative estimate of drug-likeness (QED) is 0.549. The van der Waals surface area contributed by atoms with Crippen LogP contribution in [0.5, 0.6) is 5.75 Å². The van der Waals surface area contributed by atoms with Crippen LogP contribution in [0, 0.1) is 12.7 Å². The fourth-order valence-electron chi connectivity index (χ4n) is 2.55. The summed E-state index contributed by atoms with van der Waals surface area (Å²) in [5.74, 6) is -0.630. The lowest BCUT2D eigenvalue weighted by Crippen LogP contribution is -2.31. The topological polar surface area (TPSA) is 121 Å². The summed E-state index contributed by atoms with van der Waals surface area (Å²) >= 11 is 0. The number of rotatable bonds is 6. The van der Waals surface area contributed by atoms with Crippen LogP contribution < -0.4 is 5.32 Å². The van der Waals surface area contributed by atoms with E-state index in [4.69, 9.17) is 4.52 Å². The molecule has 1 aromatic heterocycles. The van der Waals surface area contributed by atoms with E-state index in [0.717, 1.165) is 5.56 Å². The third-order valence-corrected chi connectivity index (χ3v) is 4.13. The van der Waals surface area contributed by atoms with Gasteiger partial charge in [-0.3, -0.25) is 4.79 Å². The molecule has 0 aliphatic heterocycles. The van der Waals surface area contributed by atoms with Crippen LogP contribution in [0.4, 0.5) is 10.1 Å². The normalized spacial score (nSPS) is 12.6. The van der Waals surface area contributed by atoms with Crippen LogP contribution in [0.15, 0.2) is 52.0 Å². The number of aliphatic hydroxyl groups is 1. The second-order valence-electron chi connectivity index (χ2n) is 6.34. The van der Waals surface area contributed by atoms with Gasteiger partial charge in [-0.15, -0.1) is 0 Å². The van der Waals surface area contributed by atoms with Crippen LogP contribution in [-0.2, 0) is 0 Å². The minimum absolute atomic E-state index is 0.00920. The molecule has 1 atom stereocenters. The summed E-state index contributed by atoms with van der Waals surface area (Å²) in [5.41, 5.74) is 2.09. The van der Waals surface area contributed by atoms with Gasteiger partial charge >= 0.3 is 0 Å². The first kappa shape index (κ1) is 20.2. The number of hydrogen-bond donors (Lipinski definition) is 3. The van der Waals surface area contributed by atoms with Crippen LogP contribution in [0.3, 0.4) is 0 Å². The predicted octanol–water partition coefficient (Wildman–Crippen LogP) is 2.83. The Balaban J connectivity index is 1.76. The third kappa shape index (κ3) is 4.82. The van der Waals surface area contributed by atoms with Gasteiger partial charge in [0, 0.05) is 5.56 Å². The third-order valence-electron chi connectivity index (χ3n) is 4.13. The van der Waals surface area contributed by atoms with Crippen molar-refractivity contribution in [1.29, 1.82) is 0 Å². The minimum Gasteiger partial charge on any atom is -0.508 e. The number of nitrogens with one attached hydrogen (secondary N) is 1. The van der Waals surface area contributed by atoms with Crippen molar-refractivity contribution in [1.82, 2.24) is 15.5 Å². The van der Waals surface area contributed by atoms with Gasteiger partial charge in [-0.25, -0.2) is 9.38 Å². The molecule has 0 saturated heterocycles. The first-order valence-corrected chi connectivity index (χ1v) is 8.73. The molecule has 3 rings (SSSR count). The Morgan fingerprint density at radius 3 is 2.66 bits per heavy atom. The van der Waals surface area contributed by atoms with Crippen molar-refractivity contribution in [2.24, 2.45) is 4.99 Å². The van der Waals surface area contributed by atoms with Crippen LogP contribution in [0.2, 0.25) is 0 Å². The van der Waals surface area contributed by atoms with Crippen LogP contribution in [0.1, 0.15) is 40.6 Å². The lowest BCUT2D eigenvalue weighted by atomic mass is 10.2. The second kappa shape index (κ2) is 8.61. The zero-order valence-electron chi connectivity index (χ0n) is 15.8. The summed E-state index contributed by atoms with van der Waals surface area (Å²) < 4.78 is 18.2. The number of aliphatic hydroxyl groups excluding tert-OH is 1. The first-order valence-electron chi connectivity index (χ1n) is 8.73. The molecule has 0 aliphatic rings. The Bertz CT molecular complexity index is 1050. The van der Waals surface area contributed by atoms with E-state index in [-0.39, 0.29) is 23.0 Å². The standard InChI is InChI=1S/C20H19FN4O4/c1-11-9-15(27)7-8-16(11)22-12(2)18-24-20(29-25-18)17(10-26)23-19(28)13-3-5-14(21)6-4-13/h3-9,17,26-27H,10H2,1-2H3,(H,23,28)/b22-12+/t17-/m0/s1. The summed E-state index contributed by atoms with van der Waals surface area (Å²) in [7, 11) is 0. The lowest BCUT2D eigenvalue weighted by Gasteiger charge is -2.12. The molecule has 0 fully saturated rings. The second-order valence-corrected chi connectivity index (χ2v) is 6.34. The molecule has 1 amide bonds. The zero-order valence-corrected chi connectivity index (χ0v) is 15.8. The molecule has 0 bridgehead atoms. The van der Waals surface area contributed by atoms with Gasteiger partial charge in [0.1, 0.15) is 17.6 Å². The Labute approximate surface area is 165 Å². The molecule has 0 saturated carbocycles. The number of aliphatic imine (C=N–C) groups is 1. The molecule has 0 radical (unpaired) electrons. The van der Waals surface area contributed by atoms with Crippen LogP contribution in [0.25, 0.3) is 0 Å². The molecule has 0 unspecified atom stereocenters. The molecule has 1 heterocycles. The van der Waals surface area contributed by atoms with E-state index in [0.29, 0.717) is 11.4 Å². The largest absolute Gasteiger partial charge is 0.508 e. The maximum atomic E-state index is 13.0. The van der Waals surface area contributed by atoms with Crippen molar-refractivity contribution in [3.63, 3.8) is 0 Å². The number of aromatic hydroxyl groups is 1. The van der Waals surface area contributed by atoms with Crippen molar-refractivity contribution in [3.05, 3.63) is 71.1 Å². The first-order chi connectivity index (χ1) is 13.9. The van der Waals surface area contributed by atoms with Gasteiger partial charge in [0.05, 0.1) is 18.0 Å². The fraction of sp³-hybridized carbons (Fsp3) is 0.200. The lowest BCUT2D eigenvalue weighted by molar-refractivity contribution is 0.0901. The highest BCUT2D eigenvalue weighted by Gasteiger charge is 2.22. The number of phenols is 1. The summed E-state index contributed by atoms with van der Waals surface area (Å²) in [6, 6.07) is 8.82. The molecule has 2 aromatic carbocycles. The number of phenolic OH excluding ortho intramolecular Hbond substituents is 1. The highest BCUT2D eigenvalue weighted by atomic mass is 19.1. The van der Waals surface area contributed by atoms with Gasteiger partial charge < -0.3 is 20.1 Å². The van der Waals surface area contributed by atoms with Crippen molar-refractivity contribution in [2.75, 3.05) is 6.61 Å². The molecule has 0 aliphatic carbocycles. The number of amides is 1. The summed E-state index contributed by atoms with van der Waals surface area (Å²) in [4.78, 5) is 20.9. The van der Waals surface area contributed by atoms with E-state index in [1.807, 2.05) is 0 Å². The monoisotopic (exact) mass is 398 g/mol. The van der Waals surface area contributed by atoms with Crippen molar-refractivity contribution >= 4 is 17.3 Å². The van der Waals surface area contributed by atoms with Gasteiger partial charge in [0.2, 0.25) is 5.82 Å². The van der Waals surface area contributed by atoms with Crippen LogP contribution in [-0.4, -0.2) is 38.6 Å². The average Bonchev–Trinajstić information content (AvgIpc) is 3.18. The highest BCUT2D eigenvalue weighted by Crippen LogP contribution is 2.23. The smallest absolute Gasteiger partial charge is 0.251 e. The number of aryl methyl sites for hydroxylation is 1. The zero-order chi connectivity index (χ0) is 21.0. The molecule has 3 N–H and O–H groups in total. The van der Waals surface area contributed by atoms with E-state index < -0.39 is 24.4 Å². The number of halogens is 1. The highest BCUT2D eigenvalue weighted by molar-refractivity contribution is 5.97. The number of aromatic nitrogens is 2. The summed E-state index contributed by atoms with van der Waals surface area (Å²) in [6.45, 7) is 3.02. The summed E-state index contributed by atoms with van der Waals surface area (Å²) in [5, 5.41) is 25.5. The maximum absolute atomic E-state index is 13.0. The Kier molecular flexibility index (Phi) is 5.99. The fourth-order valence-corrected chi connectivity index (χ4v) is 2.55. The maximum Gasteiger partial charge on any atom is 0.251 e. The van der Waals surface area contributed by atoms with Gasteiger partial charge in [-0.2, -0.15) is 4.98 Å². The number of hydrogen-bond acceptors (Lipinski definition) is 7. The van der Waals surface area contributed by atoms with Gasteiger partial charge in [0.15, 0.2) is 0 Å². The Hall–Kier alpha value is -3.59. The molecule has 9 heteroatoms. The van der Waals surface area contributed by atoms with Crippen molar-refractivity contribution in [3.8, 4) is 5.75 Å². The minimum atomic E-state index is -0.933. The van der Waals surface area contributed by atoms with E-state index in [1.165, 1.54) is 30.3 Å².